The average molecular weight is 465 g/mol. The topological polar surface area (TPSA) is 57.2 Å². The highest BCUT2D eigenvalue weighted by molar-refractivity contribution is 7.90. The van der Waals surface area contributed by atoms with Crippen molar-refractivity contribution in [3.05, 3.63) is 23.5 Å². The van der Waals surface area contributed by atoms with E-state index in [0.717, 1.165) is 6.20 Å². The highest BCUT2D eigenvalue weighted by Crippen LogP contribution is 2.37. The van der Waals surface area contributed by atoms with Crippen LogP contribution in [0.25, 0.3) is 0 Å². The summed E-state index contributed by atoms with van der Waals surface area (Å²) in [6.07, 6.45) is 1.08. The first-order chi connectivity index (χ1) is 12.8. The predicted octanol–water partition coefficient (Wildman–Crippen LogP) is 5.02. The van der Waals surface area contributed by atoms with E-state index in [1.807, 2.05) is 40.4 Å². The number of nitrogens with zero attached hydrogens (tertiary/aromatic N) is 1. The van der Waals surface area contributed by atoms with Gasteiger partial charge in [0.15, 0.2) is 8.32 Å². The van der Waals surface area contributed by atoms with E-state index < -0.39 is 50.2 Å². The predicted molar refractivity (Wildman–Crippen MR) is 124 cm³/mol. The minimum absolute atomic E-state index is 0.0288. The van der Waals surface area contributed by atoms with Crippen molar-refractivity contribution in [2.24, 2.45) is 0 Å². The molecular formula is C20H38F2N2O2SSi2. The van der Waals surface area contributed by atoms with Crippen LogP contribution in [0.15, 0.2) is 6.20 Å². The van der Waals surface area contributed by atoms with Gasteiger partial charge in [0.25, 0.3) is 0 Å². The van der Waals surface area contributed by atoms with E-state index in [1.54, 1.807) is 0 Å². The lowest BCUT2D eigenvalue weighted by Crippen LogP contribution is -2.48. The fourth-order valence-electron chi connectivity index (χ4n) is 2.39. The lowest BCUT2D eigenvalue weighted by molar-refractivity contribution is 0.251. The van der Waals surface area contributed by atoms with E-state index in [1.165, 1.54) is 0 Å². The number of aromatic nitrogens is 1. The molecule has 1 heterocycles. The van der Waals surface area contributed by atoms with Crippen LogP contribution in [0.2, 0.25) is 37.8 Å². The van der Waals surface area contributed by atoms with Gasteiger partial charge in [0.05, 0.1) is 26.6 Å². The normalized spacial score (nSPS) is 16.1. The molecule has 29 heavy (non-hydrogen) atoms. The van der Waals surface area contributed by atoms with E-state index >= 15 is 4.39 Å². The SMILES string of the molecule is CC(C)(C)[S+]([O-])NC(CO[Si](C)(C)C(C)(C)C)c1ncc(F)c([Si](C)(C)C)c1F. The molecule has 0 aliphatic heterocycles. The van der Waals surface area contributed by atoms with E-state index in [0.29, 0.717) is 0 Å². The number of hydrogen-bond donors (Lipinski definition) is 1. The highest BCUT2D eigenvalue weighted by Gasteiger charge is 2.40. The third-order valence-corrected chi connectivity index (χ3v) is 13.4. The van der Waals surface area contributed by atoms with Gasteiger partial charge in [-0.15, -0.1) is 4.72 Å². The minimum Gasteiger partial charge on any atom is -0.598 e. The summed E-state index contributed by atoms with van der Waals surface area (Å²) in [6.45, 7) is 21.9. The average Bonchev–Trinajstić information content (AvgIpc) is 2.48. The molecule has 0 fully saturated rings. The number of nitrogens with one attached hydrogen (secondary N) is 1. The molecule has 9 heteroatoms. The Morgan fingerprint density at radius 3 is 2.03 bits per heavy atom. The minimum atomic E-state index is -2.29. The Morgan fingerprint density at radius 1 is 1.10 bits per heavy atom. The monoisotopic (exact) mass is 464 g/mol. The molecule has 2 unspecified atom stereocenters. The van der Waals surface area contributed by atoms with E-state index in [2.05, 4.69) is 43.6 Å². The number of hydrogen-bond acceptors (Lipinski definition) is 4. The van der Waals surface area contributed by atoms with Crippen LogP contribution < -0.4 is 9.91 Å². The molecule has 1 aromatic heterocycles. The Morgan fingerprint density at radius 2 is 1.62 bits per heavy atom. The van der Waals surface area contributed by atoms with Crippen LogP contribution in [0, 0.1) is 11.6 Å². The standard InChI is InChI=1S/C20H38F2N2O2SSi2/c1-19(2,3)27(25)24-15(13-26-29(10,11)20(4,5)6)17-16(22)18(28(7,8)9)14(21)12-23-17/h12,15,24H,13H2,1-11H3. The Kier molecular flexibility index (Phi) is 8.32. The molecule has 0 aliphatic rings. The molecule has 0 radical (unpaired) electrons. The molecule has 1 rings (SSSR count). The first-order valence-corrected chi connectivity index (χ1v) is 17.5. The van der Waals surface area contributed by atoms with Gasteiger partial charge in [0.1, 0.15) is 22.4 Å². The molecule has 0 bridgehead atoms. The van der Waals surface area contributed by atoms with Gasteiger partial charge in [-0.1, -0.05) is 40.4 Å². The van der Waals surface area contributed by atoms with Crippen LogP contribution in [0.1, 0.15) is 53.3 Å². The Hall–Kier alpha value is -0.326. The summed E-state index contributed by atoms with van der Waals surface area (Å²) in [6, 6.07) is -0.736. The largest absolute Gasteiger partial charge is 0.598 e. The lowest BCUT2D eigenvalue weighted by atomic mass is 10.2. The third kappa shape index (κ3) is 6.83. The molecule has 1 N–H and O–H groups in total. The van der Waals surface area contributed by atoms with Crippen LogP contribution in [-0.4, -0.2) is 37.3 Å². The second-order valence-electron chi connectivity index (χ2n) is 11.1. The van der Waals surface area contributed by atoms with Gasteiger partial charge < -0.3 is 8.98 Å². The van der Waals surface area contributed by atoms with E-state index in [4.69, 9.17) is 4.43 Å². The first-order valence-electron chi connectivity index (χ1n) is 9.95. The summed E-state index contributed by atoms with van der Waals surface area (Å²) >= 11 is -1.46. The first kappa shape index (κ1) is 26.7. The Balaban J connectivity index is 3.39. The molecule has 0 aliphatic carbocycles. The number of rotatable bonds is 7. The van der Waals surface area contributed by atoms with Crippen molar-refractivity contribution in [1.29, 1.82) is 0 Å². The van der Waals surface area contributed by atoms with Crippen LogP contribution in [0.5, 0.6) is 0 Å². The summed E-state index contributed by atoms with van der Waals surface area (Å²) in [5.41, 5.74) is 0.0696. The number of halogens is 2. The van der Waals surface area contributed by atoms with Gasteiger partial charge >= 0.3 is 0 Å². The second kappa shape index (κ2) is 9.04. The highest BCUT2D eigenvalue weighted by atomic mass is 32.2. The van der Waals surface area contributed by atoms with Crippen LogP contribution in [0.4, 0.5) is 8.78 Å². The van der Waals surface area contributed by atoms with E-state index in [-0.39, 0.29) is 22.5 Å². The fraction of sp³-hybridized carbons (Fsp3) is 0.750. The van der Waals surface area contributed by atoms with Crippen molar-refractivity contribution < 1.29 is 17.8 Å². The lowest BCUT2D eigenvalue weighted by Gasteiger charge is -2.37. The zero-order chi connectivity index (χ0) is 23.0. The molecule has 0 amide bonds. The maximum Gasteiger partial charge on any atom is 0.192 e. The third-order valence-electron chi connectivity index (χ3n) is 5.30. The van der Waals surface area contributed by atoms with Crippen molar-refractivity contribution in [3.63, 3.8) is 0 Å². The molecule has 2 atom stereocenters. The molecule has 168 valence electrons. The summed E-state index contributed by atoms with van der Waals surface area (Å²) in [4.78, 5) is 4.06. The van der Waals surface area contributed by atoms with Crippen molar-refractivity contribution >= 4 is 32.9 Å². The fourth-order valence-corrected chi connectivity index (χ4v) is 5.77. The maximum atomic E-state index is 15.4. The van der Waals surface area contributed by atoms with Gasteiger partial charge in [0, 0.05) is 16.5 Å². The summed E-state index contributed by atoms with van der Waals surface area (Å²) < 4.78 is 51.3. The van der Waals surface area contributed by atoms with Crippen molar-refractivity contribution in [1.82, 2.24) is 9.71 Å². The van der Waals surface area contributed by atoms with Gasteiger partial charge in [0.2, 0.25) is 0 Å². The van der Waals surface area contributed by atoms with Crippen LogP contribution in [0.3, 0.4) is 0 Å². The maximum absolute atomic E-state index is 15.4. The van der Waals surface area contributed by atoms with E-state index in [9.17, 15) is 8.94 Å². The number of pyridine rings is 1. The van der Waals surface area contributed by atoms with Crippen molar-refractivity contribution in [3.8, 4) is 0 Å². The van der Waals surface area contributed by atoms with Crippen molar-refractivity contribution in [2.75, 3.05) is 6.61 Å². The molecule has 0 aromatic carbocycles. The van der Waals surface area contributed by atoms with Gasteiger partial charge in [-0.05, 0) is 38.9 Å². The van der Waals surface area contributed by atoms with Crippen LogP contribution >= 0.6 is 0 Å². The quantitative estimate of drug-likeness (QED) is 0.455. The second-order valence-corrected chi connectivity index (χ2v) is 22.9. The molecule has 1 aromatic rings. The summed E-state index contributed by atoms with van der Waals surface area (Å²) in [5, 5.41) is 0.0853. The smallest absolute Gasteiger partial charge is 0.192 e. The Bertz CT molecular complexity index is 714. The Labute approximate surface area is 180 Å². The summed E-state index contributed by atoms with van der Waals surface area (Å²) in [7, 11) is -4.42. The van der Waals surface area contributed by atoms with Gasteiger partial charge in [-0.2, -0.15) is 0 Å². The summed E-state index contributed by atoms with van der Waals surface area (Å²) in [5.74, 6) is -1.27. The molecule has 0 saturated carbocycles. The van der Waals surface area contributed by atoms with Gasteiger partial charge in [-0.3, -0.25) is 4.98 Å². The zero-order valence-corrected chi connectivity index (χ0v) is 22.6. The molecule has 0 spiro atoms. The van der Waals surface area contributed by atoms with Crippen molar-refractivity contribution in [2.45, 2.75) is 90.1 Å². The molecular weight excluding hydrogens is 426 g/mol. The molecule has 0 saturated heterocycles. The van der Waals surface area contributed by atoms with Crippen LogP contribution in [-0.2, 0) is 15.8 Å². The van der Waals surface area contributed by atoms with Gasteiger partial charge in [-0.25, -0.2) is 8.78 Å². The zero-order valence-electron chi connectivity index (χ0n) is 19.8. The molecule has 4 nitrogen and oxygen atoms in total.